The number of amides is 1. The van der Waals surface area contributed by atoms with Gasteiger partial charge in [0.1, 0.15) is 0 Å². The molecule has 1 unspecified atom stereocenters. The molecule has 1 aromatic heterocycles. The van der Waals surface area contributed by atoms with E-state index in [2.05, 4.69) is 5.10 Å². The van der Waals surface area contributed by atoms with Crippen LogP contribution in [0.4, 0.5) is 0 Å². The number of aromatic nitrogens is 2. The van der Waals surface area contributed by atoms with E-state index in [0.717, 1.165) is 5.56 Å². The van der Waals surface area contributed by atoms with Crippen LogP contribution < -0.4 is 0 Å². The predicted octanol–water partition coefficient (Wildman–Crippen LogP) is 2.52. The fraction of sp³-hybridized carbons (Fsp3) is 0.353. The Kier molecular flexibility index (Phi) is 4.32. The zero-order valence-electron chi connectivity index (χ0n) is 13.3. The van der Waals surface area contributed by atoms with Crippen molar-refractivity contribution in [1.29, 1.82) is 0 Å². The molecule has 0 spiro atoms. The lowest BCUT2D eigenvalue weighted by molar-refractivity contribution is -0.147. The maximum absolute atomic E-state index is 12.5. The lowest BCUT2D eigenvalue weighted by Gasteiger charge is -2.19. The quantitative estimate of drug-likeness (QED) is 0.922. The van der Waals surface area contributed by atoms with Gasteiger partial charge in [0.25, 0.3) is 5.91 Å². The van der Waals surface area contributed by atoms with Crippen molar-refractivity contribution in [2.75, 3.05) is 13.1 Å². The van der Waals surface area contributed by atoms with E-state index in [0.29, 0.717) is 30.1 Å². The Morgan fingerprint density at radius 2 is 2.12 bits per heavy atom. The van der Waals surface area contributed by atoms with Crippen molar-refractivity contribution < 1.29 is 14.7 Å². The van der Waals surface area contributed by atoms with Crippen LogP contribution in [-0.4, -0.2) is 44.8 Å². The van der Waals surface area contributed by atoms with Gasteiger partial charge in [-0.2, -0.15) is 5.10 Å². The molecule has 0 radical (unpaired) electrons. The second-order valence-corrected chi connectivity index (χ2v) is 6.77. The van der Waals surface area contributed by atoms with Crippen LogP contribution in [0.25, 0.3) is 0 Å². The Morgan fingerprint density at radius 1 is 1.38 bits per heavy atom. The van der Waals surface area contributed by atoms with Crippen molar-refractivity contribution in [3.05, 3.63) is 52.8 Å². The van der Waals surface area contributed by atoms with Crippen molar-refractivity contribution in [2.24, 2.45) is 5.41 Å². The van der Waals surface area contributed by atoms with Crippen molar-refractivity contribution in [1.82, 2.24) is 14.7 Å². The van der Waals surface area contributed by atoms with Gasteiger partial charge in [0.2, 0.25) is 0 Å². The number of likely N-dealkylation sites (tertiary alicyclic amines) is 1. The topological polar surface area (TPSA) is 75.4 Å². The molecule has 1 aliphatic rings. The number of rotatable bonds is 4. The standard InChI is InChI=1S/C17H18ClN3O3/c1-17(16(23)24)6-7-20(11-17)15(22)13-8-19-21(10-13)9-12-4-2-3-5-14(12)18/h2-5,8,10H,6-7,9,11H2,1H3,(H,23,24). The largest absolute Gasteiger partial charge is 0.481 e. The van der Waals surface area contributed by atoms with Gasteiger partial charge in [-0.3, -0.25) is 14.3 Å². The van der Waals surface area contributed by atoms with Gasteiger partial charge in [-0.05, 0) is 25.0 Å². The lowest BCUT2D eigenvalue weighted by atomic mass is 9.90. The van der Waals surface area contributed by atoms with Crippen molar-refractivity contribution in [3.63, 3.8) is 0 Å². The summed E-state index contributed by atoms with van der Waals surface area (Å²) in [5.41, 5.74) is 0.501. The van der Waals surface area contributed by atoms with E-state index in [9.17, 15) is 14.7 Å². The van der Waals surface area contributed by atoms with E-state index in [-0.39, 0.29) is 12.5 Å². The highest BCUT2D eigenvalue weighted by Crippen LogP contribution is 2.31. The first-order chi connectivity index (χ1) is 11.4. The van der Waals surface area contributed by atoms with Crippen LogP contribution in [0.2, 0.25) is 5.02 Å². The molecule has 1 aliphatic heterocycles. The first kappa shape index (κ1) is 16.5. The fourth-order valence-electron chi connectivity index (χ4n) is 2.85. The van der Waals surface area contributed by atoms with E-state index >= 15 is 0 Å². The summed E-state index contributed by atoms with van der Waals surface area (Å²) < 4.78 is 1.65. The highest BCUT2D eigenvalue weighted by molar-refractivity contribution is 6.31. The van der Waals surface area contributed by atoms with Crippen LogP contribution in [0.15, 0.2) is 36.7 Å². The zero-order chi connectivity index (χ0) is 17.3. The van der Waals surface area contributed by atoms with Crippen LogP contribution in [0.5, 0.6) is 0 Å². The number of halogens is 1. The van der Waals surface area contributed by atoms with Gasteiger partial charge < -0.3 is 10.0 Å². The summed E-state index contributed by atoms with van der Waals surface area (Å²) in [5.74, 6) is -1.06. The molecule has 2 heterocycles. The Morgan fingerprint density at radius 3 is 2.79 bits per heavy atom. The molecule has 1 N–H and O–H groups in total. The number of nitrogens with zero attached hydrogens (tertiary/aromatic N) is 3. The van der Waals surface area contributed by atoms with Crippen molar-refractivity contribution in [2.45, 2.75) is 19.9 Å². The summed E-state index contributed by atoms with van der Waals surface area (Å²) in [6, 6.07) is 7.47. The molecule has 1 aromatic carbocycles. The molecular weight excluding hydrogens is 330 g/mol. The maximum atomic E-state index is 12.5. The van der Waals surface area contributed by atoms with E-state index in [1.165, 1.54) is 6.20 Å². The van der Waals surface area contributed by atoms with E-state index in [1.807, 2.05) is 24.3 Å². The average Bonchev–Trinajstić information content (AvgIpc) is 3.17. The molecular formula is C17H18ClN3O3. The summed E-state index contributed by atoms with van der Waals surface area (Å²) in [7, 11) is 0. The van der Waals surface area contributed by atoms with Crippen LogP contribution >= 0.6 is 11.6 Å². The number of hydrogen-bond donors (Lipinski definition) is 1. The van der Waals surface area contributed by atoms with Gasteiger partial charge in [0.15, 0.2) is 0 Å². The molecule has 0 bridgehead atoms. The molecule has 6 nitrogen and oxygen atoms in total. The Labute approximate surface area is 144 Å². The first-order valence-electron chi connectivity index (χ1n) is 7.67. The van der Waals surface area contributed by atoms with E-state index in [4.69, 9.17) is 11.6 Å². The molecule has 1 saturated heterocycles. The third-order valence-electron chi connectivity index (χ3n) is 4.45. The molecule has 7 heteroatoms. The SMILES string of the molecule is CC1(C(=O)O)CCN(C(=O)c2cnn(Cc3ccccc3Cl)c2)C1. The monoisotopic (exact) mass is 347 g/mol. The van der Waals surface area contributed by atoms with E-state index in [1.54, 1.807) is 22.7 Å². The molecule has 1 atom stereocenters. The Hall–Kier alpha value is -2.34. The zero-order valence-corrected chi connectivity index (χ0v) is 14.0. The molecule has 24 heavy (non-hydrogen) atoms. The third kappa shape index (κ3) is 3.14. The highest BCUT2D eigenvalue weighted by atomic mass is 35.5. The number of carbonyl (C=O) groups is 2. The minimum atomic E-state index is -0.872. The second kappa shape index (κ2) is 6.28. The minimum absolute atomic E-state index is 0.189. The fourth-order valence-corrected chi connectivity index (χ4v) is 3.05. The molecule has 1 fully saturated rings. The molecule has 0 aliphatic carbocycles. The van der Waals surface area contributed by atoms with Gasteiger partial charge in [0.05, 0.1) is 23.7 Å². The normalized spacial score (nSPS) is 20.3. The summed E-state index contributed by atoms with van der Waals surface area (Å²) >= 11 is 6.14. The molecule has 1 amide bonds. The van der Waals surface area contributed by atoms with E-state index < -0.39 is 11.4 Å². The number of carbonyl (C=O) groups excluding carboxylic acids is 1. The number of benzene rings is 1. The number of carboxylic acids is 1. The number of carboxylic acid groups (broad SMARTS) is 1. The smallest absolute Gasteiger partial charge is 0.311 e. The molecule has 2 aromatic rings. The first-order valence-corrected chi connectivity index (χ1v) is 8.05. The van der Waals surface area contributed by atoms with Crippen molar-refractivity contribution >= 4 is 23.5 Å². The van der Waals surface area contributed by atoms with Crippen LogP contribution in [0.3, 0.4) is 0 Å². The number of aliphatic carboxylic acids is 1. The Bertz CT molecular complexity index is 789. The summed E-state index contributed by atoms with van der Waals surface area (Å²) in [6.45, 7) is 2.80. The van der Waals surface area contributed by atoms with Gasteiger partial charge in [-0.25, -0.2) is 0 Å². The minimum Gasteiger partial charge on any atom is -0.481 e. The predicted molar refractivity (Wildman–Crippen MR) is 89.0 cm³/mol. The van der Waals surface area contributed by atoms with Crippen LogP contribution in [0.1, 0.15) is 29.3 Å². The van der Waals surface area contributed by atoms with Crippen LogP contribution in [0, 0.1) is 5.41 Å². The molecule has 0 saturated carbocycles. The molecule has 126 valence electrons. The van der Waals surface area contributed by atoms with Gasteiger partial charge in [0, 0.05) is 24.3 Å². The maximum Gasteiger partial charge on any atom is 0.311 e. The van der Waals surface area contributed by atoms with Gasteiger partial charge >= 0.3 is 5.97 Å². The Balaban J connectivity index is 1.71. The lowest BCUT2D eigenvalue weighted by Crippen LogP contribution is -2.34. The highest BCUT2D eigenvalue weighted by Gasteiger charge is 2.42. The summed E-state index contributed by atoms with van der Waals surface area (Å²) in [4.78, 5) is 25.4. The second-order valence-electron chi connectivity index (χ2n) is 6.36. The summed E-state index contributed by atoms with van der Waals surface area (Å²) in [5, 5.41) is 14.1. The number of hydrogen-bond acceptors (Lipinski definition) is 3. The molecule has 3 rings (SSSR count). The van der Waals surface area contributed by atoms with Gasteiger partial charge in [-0.15, -0.1) is 0 Å². The van der Waals surface area contributed by atoms with Crippen molar-refractivity contribution in [3.8, 4) is 0 Å². The van der Waals surface area contributed by atoms with Gasteiger partial charge in [-0.1, -0.05) is 29.8 Å². The third-order valence-corrected chi connectivity index (χ3v) is 4.82. The summed E-state index contributed by atoms with van der Waals surface area (Å²) in [6.07, 6.45) is 3.64. The van der Waals surface area contributed by atoms with Crippen LogP contribution in [-0.2, 0) is 11.3 Å². The average molecular weight is 348 g/mol.